The molecule has 9 nitrogen and oxygen atoms in total. The van der Waals surface area contributed by atoms with Crippen LogP contribution in [0.25, 0.3) is 16.8 Å². The number of carbonyl (C=O) groups is 2. The second kappa shape index (κ2) is 12.1. The SMILES string of the molecule is COc1ccc(/C=C/C(=O)NCc2nnc(SCC(=O)Nc3cccc4ccccc34)n2C)cc1OC. The highest BCUT2D eigenvalue weighted by atomic mass is 32.2. The van der Waals surface area contributed by atoms with E-state index in [4.69, 9.17) is 9.47 Å². The number of hydrogen-bond acceptors (Lipinski definition) is 7. The molecule has 0 spiro atoms. The number of rotatable bonds is 10. The number of fused-ring (bicyclic) bond motifs is 1. The van der Waals surface area contributed by atoms with E-state index in [0.29, 0.717) is 22.5 Å². The van der Waals surface area contributed by atoms with Crippen LogP contribution in [-0.2, 0) is 23.2 Å². The summed E-state index contributed by atoms with van der Waals surface area (Å²) in [4.78, 5) is 24.9. The maximum atomic E-state index is 12.6. The van der Waals surface area contributed by atoms with Gasteiger partial charge in [0.1, 0.15) is 0 Å². The van der Waals surface area contributed by atoms with Crippen LogP contribution in [0, 0.1) is 0 Å². The van der Waals surface area contributed by atoms with Crippen molar-refractivity contribution < 1.29 is 19.1 Å². The summed E-state index contributed by atoms with van der Waals surface area (Å²) in [6.45, 7) is 0.196. The van der Waals surface area contributed by atoms with Crippen molar-refractivity contribution >= 4 is 46.1 Å². The minimum absolute atomic E-state index is 0.139. The fraction of sp³-hybridized carbons (Fsp3) is 0.185. The first kappa shape index (κ1) is 25.8. The number of aromatic nitrogens is 3. The van der Waals surface area contributed by atoms with E-state index in [9.17, 15) is 9.59 Å². The van der Waals surface area contributed by atoms with Gasteiger partial charge in [0.15, 0.2) is 22.5 Å². The van der Waals surface area contributed by atoms with Gasteiger partial charge in [-0.25, -0.2) is 0 Å². The molecule has 4 aromatic rings. The first-order valence-electron chi connectivity index (χ1n) is 11.4. The topological polar surface area (TPSA) is 107 Å². The number of amides is 2. The molecule has 0 unspecified atom stereocenters. The molecule has 2 amide bonds. The largest absolute Gasteiger partial charge is 0.493 e. The summed E-state index contributed by atoms with van der Waals surface area (Å²) < 4.78 is 12.3. The van der Waals surface area contributed by atoms with Gasteiger partial charge in [-0.05, 0) is 35.2 Å². The van der Waals surface area contributed by atoms with Gasteiger partial charge in [-0.2, -0.15) is 0 Å². The fourth-order valence-electron chi connectivity index (χ4n) is 3.63. The first-order chi connectivity index (χ1) is 18.0. The summed E-state index contributed by atoms with van der Waals surface area (Å²) in [6.07, 6.45) is 3.12. The van der Waals surface area contributed by atoms with Gasteiger partial charge >= 0.3 is 0 Å². The Labute approximate surface area is 218 Å². The average Bonchev–Trinajstić information content (AvgIpc) is 3.28. The predicted molar refractivity (Wildman–Crippen MR) is 145 cm³/mol. The molecule has 190 valence electrons. The molecule has 3 aromatic carbocycles. The molecule has 0 saturated heterocycles. The highest BCUT2D eigenvalue weighted by Gasteiger charge is 2.13. The highest BCUT2D eigenvalue weighted by molar-refractivity contribution is 7.99. The van der Waals surface area contributed by atoms with Crippen LogP contribution in [0.4, 0.5) is 5.69 Å². The molecule has 0 saturated carbocycles. The number of carbonyl (C=O) groups excluding carboxylic acids is 2. The fourth-order valence-corrected chi connectivity index (χ4v) is 4.36. The van der Waals surface area contributed by atoms with Gasteiger partial charge in [0.25, 0.3) is 0 Å². The lowest BCUT2D eigenvalue weighted by Gasteiger charge is -2.09. The first-order valence-corrected chi connectivity index (χ1v) is 12.4. The van der Waals surface area contributed by atoms with Crippen molar-refractivity contribution in [2.24, 2.45) is 7.05 Å². The van der Waals surface area contributed by atoms with E-state index in [1.807, 2.05) is 48.5 Å². The maximum absolute atomic E-state index is 12.6. The molecule has 0 aliphatic rings. The Kier molecular flexibility index (Phi) is 8.42. The van der Waals surface area contributed by atoms with Crippen molar-refractivity contribution in [2.45, 2.75) is 11.7 Å². The molecule has 2 N–H and O–H groups in total. The second-order valence-corrected chi connectivity index (χ2v) is 8.93. The summed E-state index contributed by atoms with van der Waals surface area (Å²) in [5.74, 6) is 1.53. The van der Waals surface area contributed by atoms with Gasteiger partial charge in [-0.15, -0.1) is 10.2 Å². The van der Waals surface area contributed by atoms with Crippen molar-refractivity contribution in [1.82, 2.24) is 20.1 Å². The quantitative estimate of drug-likeness (QED) is 0.241. The van der Waals surface area contributed by atoms with Crippen LogP contribution in [0.5, 0.6) is 11.5 Å². The van der Waals surface area contributed by atoms with Crippen LogP contribution in [0.15, 0.2) is 71.9 Å². The number of thioether (sulfide) groups is 1. The molecule has 1 aromatic heterocycles. The Morgan fingerprint density at radius 1 is 1.00 bits per heavy atom. The third-order valence-corrected chi connectivity index (χ3v) is 6.60. The molecular formula is C27H27N5O4S. The lowest BCUT2D eigenvalue weighted by molar-refractivity contribution is -0.116. The molecule has 10 heteroatoms. The molecule has 4 rings (SSSR count). The Hall–Kier alpha value is -4.31. The van der Waals surface area contributed by atoms with E-state index in [-0.39, 0.29) is 24.1 Å². The van der Waals surface area contributed by atoms with Crippen LogP contribution in [0.3, 0.4) is 0 Å². The van der Waals surface area contributed by atoms with Gasteiger partial charge in [-0.1, -0.05) is 54.2 Å². The lowest BCUT2D eigenvalue weighted by atomic mass is 10.1. The van der Waals surface area contributed by atoms with Crippen molar-refractivity contribution in [3.63, 3.8) is 0 Å². The zero-order chi connectivity index (χ0) is 26.2. The number of benzene rings is 3. The van der Waals surface area contributed by atoms with Gasteiger partial charge in [-0.3, -0.25) is 9.59 Å². The van der Waals surface area contributed by atoms with E-state index >= 15 is 0 Å². The van der Waals surface area contributed by atoms with Crippen molar-refractivity contribution in [3.8, 4) is 11.5 Å². The molecule has 0 bridgehead atoms. The number of nitrogens with zero attached hydrogens (tertiary/aromatic N) is 3. The minimum Gasteiger partial charge on any atom is -0.493 e. The molecule has 0 atom stereocenters. The molecule has 1 heterocycles. The van der Waals surface area contributed by atoms with Gasteiger partial charge in [0, 0.05) is 24.2 Å². The van der Waals surface area contributed by atoms with E-state index in [2.05, 4.69) is 20.8 Å². The normalized spacial score (nSPS) is 11.0. The Balaban J connectivity index is 1.29. The van der Waals surface area contributed by atoms with Gasteiger partial charge < -0.3 is 24.7 Å². The third-order valence-electron chi connectivity index (χ3n) is 5.58. The Bertz CT molecular complexity index is 1440. The number of hydrogen-bond donors (Lipinski definition) is 2. The van der Waals surface area contributed by atoms with E-state index in [1.165, 1.54) is 17.8 Å². The summed E-state index contributed by atoms with van der Waals surface area (Å²) in [5, 5.41) is 16.7. The molecule has 0 radical (unpaired) electrons. The minimum atomic E-state index is -0.276. The third kappa shape index (κ3) is 6.47. The number of anilines is 1. The summed E-state index contributed by atoms with van der Waals surface area (Å²) in [6, 6.07) is 19.1. The summed E-state index contributed by atoms with van der Waals surface area (Å²) >= 11 is 1.28. The molecule has 0 fully saturated rings. The number of methoxy groups -OCH3 is 2. The van der Waals surface area contributed by atoms with Crippen LogP contribution < -0.4 is 20.1 Å². The van der Waals surface area contributed by atoms with E-state index < -0.39 is 0 Å². The Morgan fingerprint density at radius 3 is 2.59 bits per heavy atom. The van der Waals surface area contributed by atoms with Gasteiger partial charge in [0.05, 0.1) is 26.5 Å². The lowest BCUT2D eigenvalue weighted by Crippen LogP contribution is -2.22. The van der Waals surface area contributed by atoms with Crippen LogP contribution in [0.2, 0.25) is 0 Å². The van der Waals surface area contributed by atoms with Crippen molar-refractivity contribution in [2.75, 3.05) is 25.3 Å². The monoisotopic (exact) mass is 517 g/mol. The second-order valence-electron chi connectivity index (χ2n) is 7.99. The smallest absolute Gasteiger partial charge is 0.244 e. The zero-order valence-corrected chi connectivity index (χ0v) is 21.5. The highest BCUT2D eigenvalue weighted by Crippen LogP contribution is 2.28. The predicted octanol–water partition coefficient (Wildman–Crippen LogP) is 4.05. The van der Waals surface area contributed by atoms with Crippen molar-refractivity contribution in [3.05, 3.63) is 78.1 Å². The molecule has 37 heavy (non-hydrogen) atoms. The average molecular weight is 518 g/mol. The van der Waals surface area contributed by atoms with Crippen LogP contribution >= 0.6 is 11.8 Å². The zero-order valence-electron chi connectivity index (χ0n) is 20.7. The summed E-state index contributed by atoms with van der Waals surface area (Å²) in [7, 11) is 4.92. The van der Waals surface area contributed by atoms with Crippen molar-refractivity contribution in [1.29, 1.82) is 0 Å². The van der Waals surface area contributed by atoms with E-state index in [1.54, 1.807) is 44.0 Å². The summed E-state index contributed by atoms with van der Waals surface area (Å²) in [5.41, 5.74) is 1.57. The number of nitrogens with one attached hydrogen (secondary N) is 2. The van der Waals surface area contributed by atoms with Crippen LogP contribution in [-0.4, -0.2) is 46.6 Å². The molecular weight excluding hydrogens is 490 g/mol. The van der Waals surface area contributed by atoms with Crippen LogP contribution in [0.1, 0.15) is 11.4 Å². The maximum Gasteiger partial charge on any atom is 0.244 e. The molecule has 0 aliphatic heterocycles. The van der Waals surface area contributed by atoms with Gasteiger partial charge in [0.2, 0.25) is 11.8 Å². The standard InChI is InChI=1S/C27H27N5O4S/c1-32-24(16-28-25(33)14-12-18-11-13-22(35-2)23(15-18)36-3)30-31-27(32)37-17-26(34)29-21-10-6-8-19-7-4-5-9-20(19)21/h4-15H,16-17H2,1-3H3,(H,28,33)(H,29,34)/b14-12+. The molecule has 0 aliphatic carbocycles. The Morgan fingerprint density at radius 2 is 1.78 bits per heavy atom. The number of ether oxygens (including phenoxy) is 2. The van der Waals surface area contributed by atoms with E-state index in [0.717, 1.165) is 22.0 Å².